The number of aryl methyl sites for hydroxylation is 2. The Kier molecular flexibility index (Phi) is 8.92. The zero-order valence-corrected chi connectivity index (χ0v) is 16.1. The average Bonchev–Trinajstić information content (AvgIpc) is 2.53. The molecular weight excluding hydrogens is 327 g/mol. The van der Waals surface area contributed by atoms with E-state index in [1.807, 2.05) is 0 Å². The topological polar surface area (TPSA) is 15.3 Å². The molecule has 0 aromatic heterocycles. The van der Waals surface area contributed by atoms with Gasteiger partial charge in [-0.2, -0.15) is 0 Å². The molecule has 1 aromatic rings. The van der Waals surface area contributed by atoms with Crippen molar-refractivity contribution in [2.24, 2.45) is 5.92 Å². The van der Waals surface area contributed by atoms with Gasteiger partial charge < -0.3 is 5.32 Å². The highest BCUT2D eigenvalue weighted by Gasteiger charge is 2.31. The Labute approximate surface area is 154 Å². The summed E-state index contributed by atoms with van der Waals surface area (Å²) in [4.78, 5) is 2.76. The van der Waals surface area contributed by atoms with Crippen molar-refractivity contribution in [1.29, 1.82) is 0 Å². The second-order valence-electron chi connectivity index (χ2n) is 6.99. The van der Waals surface area contributed by atoms with Gasteiger partial charge in [-0.3, -0.25) is 4.90 Å². The molecule has 0 radical (unpaired) electrons. The molecule has 2 aliphatic rings. The Morgan fingerprint density at radius 3 is 2.30 bits per heavy atom. The third-order valence-corrected chi connectivity index (χ3v) is 5.39. The number of benzene rings is 1. The lowest BCUT2D eigenvalue weighted by molar-refractivity contribution is 0.103. The highest BCUT2D eigenvalue weighted by Crippen LogP contribution is 2.39. The lowest BCUT2D eigenvalue weighted by Gasteiger charge is -2.42. The lowest BCUT2D eigenvalue weighted by Crippen LogP contribution is -2.47. The number of piperazine rings is 1. The molecule has 1 heterocycles. The molecule has 0 bridgehead atoms. The van der Waals surface area contributed by atoms with Crippen LogP contribution in [0.1, 0.15) is 54.8 Å². The second-order valence-corrected chi connectivity index (χ2v) is 6.99. The minimum atomic E-state index is 0. The van der Waals surface area contributed by atoms with Crippen LogP contribution in [0.5, 0.6) is 0 Å². The number of nitrogens with one attached hydrogen (secondary N) is 1. The molecule has 1 aliphatic carbocycles. The van der Waals surface area contributed by atoms with Crippen molar-refractivity contribution in [1.82, 2.24) is 10.2 Å². The summed E-state index contributed by atoms with van der Waals surface area (Å²) in [5, 5.41) is 3.51. The predicted molar refractivity (Wildman–Crippen MR) is 104 cm³/mol. The van der Waals surface area contributed by atoms with E-state index < -0.39 is 0 Å². The van der Waals surface area contributed by atoms with Crippen molar-refractivity contribution in [3.63, 3.8) is 0 Å². The van der Waals surface area contributed by atoms with E-state index in [9.17, 15) is 0 Å². The van der Waals surface area contributed by atoms with Crippen molar-refractivity contribution >= 4 is 24.8 Å². The fourth-order valence-electron chi connectivity index (χ4n) is 4.24. The Balaban J connectivity index is 0.00000132. The molecule has 1 N–H and O–H groups in total. The molecule has 3 rings (SSSR count). The van der Waals surface area contributed by atoms with E-state index in [1.54, 1.807) is 5.56 Å². The van der Waals surface area contributed by atoms with Crippen LogP contribution in [0.3, 0.4) is 0 Å². The first-order valence-corrected chi connectivity index (χ1v) is 8.77. The molecule has 1 saturated carbocycles. The molecule has 23 heavy (non-hydrogen) atoms. The van der Waals surface area contributed by atoms with Crippen molar-refractivity contribution in [3.8, 4) is 0 Å². The SMILES string of the molecule is Cc1ccc(C)c([C@H](C2CCCCC2)N2CCNCC2)c1.Cl.Cl. The number of hydrogen-bond acceptors (Lipinski definition) is 2. The van der Waals surface area contributed by atoms with Crippen LogP contribution in [0.4, 0.5) is 0 Å². The number of nitrogens with zero attached hydrogens (tertiary/aromatic N) is 1. The first-order chi connectivity index (χ1) is 10.3. The van der Waals surface area contributed by atoms with E-state index >= 15 is 0 Å². The molecule has 2 fully saturated rings. The van der Waals surface area contributed by atoms with Gasteiger partial charge in [-0.25, -0.2) is 0 Å². The molecule has 132 valence electrons. The summed E-state index contributed by atoms with van der Waals surface area (Å²) < 4.78 is 0. The van der Waals surface area contributed by atoms with Crippen LogP contribution in [0.2, 0.25) is 0 Å². The van der Waals surface area contributed by atoms with Gasteiger partial charge in [0.25, 0.3) is 0 Å². The molecule has 2 nitrogen and oxygen atoms in total. The molecule has 1 aliphatic heterocycles. The van der Waals surface area contributed by atoms with Gasteiger partial charge in [-0.05, 0) is 43.7 Å². The lowest BCUT2D eigenvalue weighted by atomic mass is 9.79. The molecule has 0 unspecified atom stereocenters. The van der Waals surface area contributed by atoms with Crippen LogP contribution >= 0.6 is 24.8 Å². The van der Waals surface area contributed by atoms with Gasteiger partial charge in [-0.15, -0.1) is 24.8 Å². The van der Waals surface area contributed by atoms with Crippen molar-refractivity contribution in [3.05, 3.63) is 34.9 Å². The smallest absolute Gasteiger partial charge is 0.0380 e. The van der Waals surface area contributed by atoms with Gasteiger partial charge in [-0.1, -0.05) is 43.0 Å². The third-order valence-electron chi connectivity index (χ3n) is 5.39. The monoisotopic (exact) mass is 358 g/mol. The first kappa shape index (κ1) is 20.8. The second kappa shape index (κ2) is 9.88. The van der Waals surface area contributed by atoms with Gasteiger partial charge in [0.1, 0.15) is 0 Å². The van der Waals surface area contributed by atoms with Crippen LogP contribution in [0.15, 0.2) is 18.2 Å². The molecule has 1 saturated heterocycles. The maximum atomic E-state index is 3.51. The predicted octanol–water partition coefficient (Wildman–Crippen LogP) is 4.67. The minimum Gasteiger partial charge on any atom is -0.314 e. The Hall–Kier alpha value is -0.280. The zero-order valence-electron chi connectivity index (χ0n) is 14.5. The first-order valence-electron chi connectivity index (χ1n) is 8.77. The Morgan fingerprint density at radius 2 is 1.65 bits per heavy atom. The van der Waals surface area contributed by atoms with E-state index in [1.165, 1.54) is 56.3 Å². The van der Waals surface area contributed by atoms with Crippen molar-refractivity contribution in [2.45, 2.75) is 52.0 Å². The summed E-state index contributed by atoms with van der Waals surface area (Å²) >= 11 is 0. The molecular formula is C19H32Cl2N2. The van der Waals surface area contributed by atoms with E-state index in [4.69, 9.17) is 0 Å². The van der Waals surface area contributed by atoms with Crippen molar-refractivity contribution < 1.29 is 0 Å². The summed E-state index contributed by atoms with van der Waals surface area (Å²) in [6.07, 6.45) is 7.14. The molecule has 0 spiro atoms. The minimum absolute atomic E-state index is 0. The van der Waals surface area contributed by atoms with E-state index in [0.29, 0.717) is 6.04 Å². The van der Waals surface area contributed by atoms with Gasteiger partial charge in [0, 0.05) is 32.2 Å². The van der Waals surface area contributed by atoms with Crippen LogP contribution in [0, 0.1) is 19.8 Å². The van der Waals surface area contributed by atoms with Gasteiger partial charge in [0.05, 0.1) is 0 Å². The van der Waals surface area contributed by atoms with Gasteiger partial charge >= 0.3 is 0 Å². The average molecular weight is 359 g/mol. The quantitative estimate of drug-likeness (QED) is 0.843. The number of halogens is 2. The summed E-state index contributed by atoms with van der Waals surface area (Å²) in [5.74, 6) is 0.859. The summed E-state index contributed by atoms with van der Waals surface area (Å²) in [7, 11) is 0. The summed E-state index contributed by atoms with van der Waals surface area (Å²) in [6, 6.07) is 7.68. The maximum Gasteiger partial charge on any atom is 0.0380 e. The largest absolute Gasteiger partial charge is 0.314 e. The van der Waals surface area contributed by atoms with Crippen molar-refractivity contribution in [2.75, 3.05) is 26.2 Å². The normalized spacial score (nSPS) is 21.1. The van der Waals surface area contributed by atoms with Crippen LogP contribution in [-0.4, -0.2) is 31.1 Å². The summed E-state index contributed by atoms with van der Waals surface area (Å²) in [5.41, 5.74) is 4.49. The number of hydrogen-bond donors (Lipinski definition) is 1. The Bertz CT molecular complexity index is 448. The fraction of sp³-hybridized carbons (Fsp3) is 0.684. The summed E-state index contributed by atoms with van der Waals surface area (Å²) in [6.45, 7) is 9.23. The van der Waals surface area contributed by atoms with E-state index in [2.05, 4.69) is 42.3 Å². The molecule has 1 atom stereocenters. The van der Waals surface area contributed by atoms with E-state index in [-0.39, 0.29) is 24.8 Å². The standard InChI is InChI=1S/C19H30N2.2ClH/c1-15-8-9-16(2)18(14-15)19(17-6-4-3-5-7-17)21-12-10-20-11-13-21;;/h8-9,14,17,19-20H,3-7,10-13H2,1-2H3;2*1H/t19-;;/m0../s1. The molecule has 1 aromatic carbocycles. The van der Waals surface area contributed by atoms with Crippen LogP contribution < -0.4 is 5.32 Å². The van der Waals surface area contributed by atoms with Crippen LogP contribution in [0.25, 0.3) is 0 Å². The molecule has 4 heteroatoms. The van der Waals surface area contributed by atoms with E-state index in [0.717, 1.165) is 19.0 Å². The van der Waals surface area contributed by atoms with Crippen LogP contribution in [-0.2, 0) is 0 Å². The molecule has 0 amide bonds. The Morgan fingerprint density at radius 1 is 1.00 bits per heavy atom. The van der Waals surface area contributed by atoms with Gasteiger partial charge in [0.2, 0.25) is 0 Å². The highest BCUT2D eigenvalue weighted by molar-refractivity contribution is 5.85. The number of rotatable bonds is 3. The highest BCUT2D eigenvalue weighted by atomic mass is 35.5. The third kappa shape index (κ3) is 5.09. The van der Waals surface area contributed by atoms with Gasteiger partial charge in [0.15, 0.2) is 0 Å². The zero-order chi connectivity index (χ0) is 14.7. The maximum absolute atomic E-state index is 3.51. The fourth-order valence-corrected chi connectivity index (χ4v) is 4.24.